The van der Waals surface area contributed by atoms with Gasteiger partial charge in [0, 0.05) is 133 Å². The summed E-state index contributed by atoms with van der Waals surface area (Å²) in [5.74, 6) is -11.3. The van der Waals surface area contributed by atoms with E-state index in [1.165, 1.54) is 25.8 Å². The number of nitrogens with one attached hydrogen (secondary N) is 5. The molecule has 3 aliphatic heterocycles. The van der Waals surface area contributed by atoms with Crippen LogP contribution in [0.15, 0.2) is 134 Å². The van der Waals surface area contributed by atoms with Crippen molar-refractivity contribution in [3.8, 4) is 6.19 Å². The molecule has 19 nitrogen and oxygen atoms in total. The van der Waals surface area contributed by atoms with Crippen molar-refractivity contribution in [2.75, 3.05) is 34.3 Å². The molecule has 6 heterocycles. The topological polar surface area (TPSA) is 238 Å². The lowest BCUT2D eigenvalue weighted by molar-refractivity contribution is -0.129. The van der Waals surface area contributed by atoms with Crippen LogP contribution in [-0.4, -0.2) is 129 Å². The molecule has 110 heavy (non-hydrogen) atoms. The summed E-state index contributed by atoms with van der Waals surface area (Å²) in [6.45, 7) is 16.0. The van der Waals surface area contributed by atoms with E-state index in [9.17, 15) is 46.0 Å². The molecule has 25 heteroatoms. The number of amides is 6. The Morgan fingerprint density at radius 3 is 1.16 bits per heavy atom. The van der Waals surface area contributed by atoms with Gasteiger partial charge in [-0.05, 0) is 191 Å². The van der Waals surface area contributed by atoms with Gasteiger partial charge in [0.2, 0.25) is 47.3 Å². The minimum Gasteiger partial charge on any atom is -0.351 e. The Hall–Kier alpha value is -9.28. The Balaban J connectivity index is 0.817. The summed E-state index contributed by atoms with van der Waals surface area (Å²) in [6.07, 6.45) is 10.6. The lowest BCUT2D eigenvalue weighted by Gasteiger charge is -2.36. The van der Waals surface area contributed by atoms with E-state index < -0.39 is 119 Å². The number of rotatable bonds is 24. The van der Waals surface area contributed by atoms with Gasteiger partial charge in [0.15, 0.2) is 6.19 Å². The van der Waals surface area contributed by atoms with Crippen LogP contribution in [0.1, 0.15) is 227 Å². The number of halogens is 6. The number of alkyl halides is 6. The highest BCUT2D eigenvalue weighted by molar-refractivity contribution is 6.06. The number of nitrogens with zero attached hydrogens (tertiary/aromatic N) is 8. The van der Waals surface area contributed by atoms with Gasteiger partial charge in [-0.25, -0.2) is 26.3 Å². The van der Waals surface area contributed by atoms with Gasteiger partial charge in [-0.15, -0.1) is 0 Å². The number of hydrogen-bond acceptors (Lipinski definition) is 13. The highest BCUT2D eigenvalue weighted by Gasteiger charge is 2.46. The van der Waals surface area contributed by atoms with E-state index in [1.54, 1.807) is 73.2 Å². The highest BCUT2D eigenvalue weighted by Crippen LogP contribution is 2.42. The third-order valence-electron chi connectivity index (χ3n) is 23.2. The first-order chi connectivity index (χ1) is 52.3. The van der Waals surface area contributed by atoms with Crippen LogP contribution in [-0.2, 0) is 57.9 Å². The highest BCUT2D eigenvalue weighted by atomic mass is 19.3. The third kappa shape index (κ3) is 19.0. The van der Waals surface area contributed by atoms with Crippen LogP contribution in [0.5, 0.6) is 0 Å². The molecule has 6 aliphatic rings. The van der Waals surface area contributed by atoms with E-state index in [-0.39, 0.29) is 81.4 Å². The molecule has 6 amide bonds. The number of likely N-dealkylation sites (tertiary alicyclic amines) is 1. The third-order valence-corrected chi connectivity index (χ3v) is 23.2. The lowest BCUT2D eigenvalue weighted by atomic mass is 9.80. The number of anilines is 3. The summed E-state index contributed by atoms with van der Waals surface area (Å²) in [7, 11) is 0. The molecule has 6 aromatic rings. The van der Waals surface area contributed by atoms with Gasteiger partial charge in [0.25, 0.3) is 5.91 Å². The van der Waals surface area contributed by atoms with Crippen molar-refractivity contribution in [2.45, 2.75) is 265 Å². The van der Waals surface area contributed by atoms with Crippen LogP contribution in [0.2, 0.25) is 0 Å². The minimum atomic E-state index is -2.88. The second kappa shape index (κ2) is 33.3. The van der Waals surface area contributed by atoms with E-state index in [1.807, 2.05) is 82.3 Å². The van der Waals surface area contributed by atoms with Crippen molar-refractivity contribution < 1.29 is 55.1 Å². The molecule has 0 bridgehead atoms. The summed E-state index contributed by atoms with van der Waals surface area (Å²) < 4.78 is 86.9. The largest absolute Gasteiger partial charge is 0.351 e. The van der Waals surface area contributed by atoms with Crippen LogP contribution in [0, 0.1) is 11.5 Å². The molecule has 0 spiro atoms. The molecule has 6 atom stereocenters. The Morgan fingerprint density at radius 1 is 0.482 bits per heavy atom. The maximum Gasteiger partial charge on any atom is 0.251 e. The van der Waals surface area contributed by atoms with Gasteiger partial charge in [0.1, 0.15) is 24.2 Å². The van der Waals surface area contributed by atoms with E-state index in [0.29, 0.717) is 110 Å². The molecule has 3 saturated carbocycles. The SMILES string of the molecule is CC(C)(C)c1ccc(N(C(=O)C2CCCN2)C(C(=O)NC2CCC(F)(F)CC2)c2ccc(CC(C)(C)c3ccc(N(C(=O)[C@H]4CCCN4)C(C(=O)NC4CCC(F)(F)CC4)c4ccc(CC(C)(C)c5ccc(N(C(=O)C6CCCN6C#N)C(C(=O)NC6CCC(F)(F)CC6)c6cccnc6)cc5)nc4)cc3)nc2)cc1. The molecule has 6 fully saturated rings. The number of aromatic nitrogens is 3. The summed E-state index contributed by atoms with van der Waals surface area (Å²) in [4.78, 5) is 110. The standard InChI is InChI=1S/C85H103F6N13O6/c1-80(2,3)57-18-26-65(27-19-57)102(77(108)68-13-9-45-94-68)72(75(106)99-61-34-40-84(88,89)41-35-61)55-16-24-63(96-51-55)48-81(4,5)58-20-28-66(29-21-58)103(78(109)69-14-10-46-95-69)73(76(107)100-62-36-42-85(90,91)43-37-62)56-17-25-64(97-52-56)49-82(6,7)59-22-30-67(31-23-59)104(79(110)70-15-11-47-101(70)53-92)71(54-12-8-44-93-50-54)74(105)98-60-32-38-83(86,87)39-33-60/h8,12,16-31,44,50-52,60-62,68-73,94-95H,9-11,13-15,32-43,45-49H2,1-7H3,(H,98,105)(H,99,106)(H,100,107)/t68?,69-,70?,71?,72?,73?/m1/s1. The maximum absolute atomic E-state index is 15.3. The van der Waals surface area contributed by atoms with Gasteiger partial charge in [0.05, 0.1) is 12.1 Å². The fourth-order valence-corrected chi connectivity index (χ4v) is 16.6. The molecule has 0 radical (unpaired) electrons. The fourth-order valence-electron chi connectivity index (χ4n) is 16.6. The molecule has 3 saturated heterocycles. The first-order valence-corrected chi connectivity index (χ1v) is 39.0. The van der Waals surface area contributed by atoms with Crippen LogP contribution in [0.4, 0.5) is 43.4 Å². The normalized spacial score (nSPS) is 21.2. The monoisotopic (exact) mass is 1520 g/mol. The zero-order valence-electron chi connectivity index (χ0n) is 64.0. The van der Waals surface area contributed by atoms with E-state index in [0.717, 1.165) is 23.1 Å². The molecule has 3 aliphatic carbocycles. The first-order valence-electron chi connectivity index (χ1n) is 39.0. The predicted molar refractivity (Wildman–Crippen MR) is 408 cm³/mol. The average Bonchev–Trinajstić information content (AvgIpc) is 1.05. The average molecular weight is 1520 g/mol. The summed E-state index contributed by atoms with van der Waals surface area (Å²) in [5.41, 5.74) is 4.96. The smallest absolute Gasteiger partial charge is 0.251 e. The van der Waals surface area contributed by atoms with E-state index in [2.05, 4.69) is 58.5 Å². The van der Waals surface area contributed by atoms with Gasteiger partial charge in [-0.2, -0.15) is 5.26 Å². The minimum absolute atomic E-state index is 0.0317. The quantitative estimate of drug-likeness (QED) is 0.0280. The van der Waals surface area contributed by atoms with Crippen LogP contribution < -0.4 is 41.3 Å². The van der Waals surface area contributed by atoms with E-state index >= 15 is 14.4 Å². The van der Waals surface area contributed by atoms with Crippen LogP contribution in [0.3, 0.4) is 0 Å². The summed E-state index contributed by atoms with van der Waals surface area (Å²) >= 11 is 0. The Morgan fingerprint density at radius 2 is 0.845 bits per heavy atom. The van der Waals surface area contributed by atoms with Crippen LogP contribution >= 0.6 is 0 Å². The number of carbonyl (C=O) groups excluding carboxylic acids is 6. The zero-order valence-corrected chi connectivity index (χ0v) is 64.0. The van der Waals surface area contributed by atoms with Crippen molar-refractivity contribution in [3.63, 3.8) is 0 Å². The second-order valence-electron chi connectivity index (χ2n) is 33.5. The van der Waals surface area contributed by atoms with Gasteiger partial charge >= 0.3 is 0 Å². The van der Waals surface area contributed by atoms with Crippen molar-refractivity contribution in [1.82, 2.24) is 46.4 Å². The second-order valence-corrected chi connectivity index (χ2v) is 33.5. The zero-order chi connectivity index (χ0) is 78.5. The number of pyridine rings is 3. The van der Waals surface area contributed by atoms with Crippen molar-refractivity contribution in [3.05, 3.63) is 179 Å². The van der Waals surface area contributed by atoms with Crippen molar-refractivity contribution >= 4 is 52.5 Å². The maximum atomic E-state index is 15.3. The number of benzene rings is 3. The van der Waals surface area contributed by atoms with Gasteiger partial charge < -0.3 is 26.6 Å². The lowest BCUT2D eigenvalue weighted by Crippen LogP contribution is -2.52. The molecular formula is C85H103F6N13O6. The summed E-state index contributed by atoms with van der Waals surface area (Å²) in [5, 5.41) is 25.9. The molecule has 586 valence electrons. The number of carbonyl (C=O) groups is 6. The fraction of sp³-hybridized carbons (Fsp3) is 0.529. The van der Waals surface area contributed by atoms with Gasteiger partial charge in [-0.1, -0.05) is 103 Å². The number of nitriles is 1. The Labute approximate surface area is 640 Å². The molecule has 5 N–H and O–H groups in total. The Bertz CT molecular complexity index is 4230. The molecule has 3 aromatic heterocycles. The Kier molecular flexibility index (Phi) is 24.3. The molecule has 12 rings (SSSR count). The van der Waals surface area contributed by atoms with Gasteiger partial charge in [-0.3, -0.25) is 63.3 Å². The number of hydrogen-bond donors (Lipinski definition) is 5. The molecular weight excluding hydrogens is 1410 g/mol. The van der Waals surface area contributed by atoms with E-state index in [4.69, 9.17) is 9.97 Å². The summed E-state index contributed by atoms with van der Waals surface area (Å²) in [6, 6.07) is 25.2. The van der Waals surface area contributed by atoms with Crippen LogP contribution in [0.25, 0.3) is 0 Å². The first kappa shape index (κ1) is 80.2. The predicted octanol–water partition coefficient (Wildman–Crippen LogP) is 14.0. The molecule has 3 aromatic carbocycles. The van der Waals surface area contributed by atoms with Crippen molar-refractivity contribution in [1.29, 1.82) is 5.26 Å². The molecule has 5 unspecified atom stereocenters. The van der Waals surface area contributed by atoms with Crippen molar-refractivity contribution in [2.24, 2.45) is 0 Å².